The van der Waals surface area contributed by atoms with Gasteiger partial charge >= 0.3 is 0 Å². The normalized spacial score (nSPS) is 14.1. The van der Waals surface area contributed by atoms with Crippen LogP contribution >= 0.6 is 11.6 Å². The quantitative estimate of drug-likeness (QED) is 0.607. The van der Waals surface area contributed by atoms with Crippen LogP contribution in [-0.2, 0) is 9.59 Å². The monoisotopic (exact) mass is 380 g/mol. The summed E-state index contributed by atoms with van der Waals surface area (Å²) in [7, 11) is 0. The van der Waals surface area contributed by atoms with Gasteiger partial charge in [-0.15, -0.1) is 6.58 Å². The van der Waals surface area contributed by atoms with Crippen molar-refractivity contribution in [1.29, 1.82) is 0 Å². The zero-order valence-corrected chi connectivity index (χ0v) is 16.4. The number of anilines is 1. The molecule has 0 saturated carbocycles. The summed E-state index contributed by atoms with van der Waals surface area (Å²) in [6, 6.07) is 11.2. The molecule has 4 nitrogen and oxygen atoms in total. The summed E-state index contributed by atoms with van der Waals surface area (Å²) in [6.07, 6.45) is 1.55. The van der Waals surface area contributed by atoms with E-state index in [1.54, 1.807) is 18.2 Å². The zero-order valence-electron chi connectivity index (χ0n) is 15.6. The predicted molar refractivity (Wildman–Crippen MR) is 110 cm³/mol. The lowest BCUT2D eigenvalue weighted by molar-refractivity contribution is -0.136. The van der Waals surface area contributed by atoms with Crippen molar-refractivity contribution >= 4 is 34.7 Å². The number of nitrogens with one attached hydrogen (secondary N) is 1. The minimum Gasteiger partial charge on any atom is -0.350 e. The zero-order chi connectivity index (χ0) is 19.7. The molecular weight excluding hydrogens is 360 g/mol. The average Bonchev–Trinajstić information content (AvgIpc) is 2.82. The smallest absolute Gasteiger partial charge is 0.278 e. The molecule has 2 aromatic carbocycles. The number of rotatable bonds is 5. The molecule has 3 rings (SSSR count). The van der Waals surface area contributed by atoms with Gasteiger partial charge in [-0.3, -0.25) is 14.5 Å². The molecule has 0 aromatic heterocycles. The van der Waals surface area contributed by atoms with E-state index in [4.69, 9.17) is 11.6 Å². The van der Waals surface area contributed by atoms with Crippen molar-refractivity contribution in [2.24, 2.45) is 0 Å². The molecule has 0 unspecified atom stereocenters. The largest absolute Gasteiger partial charge is 0.350 e. The fourth-order valence-electron chi connectivity index (χ4n) is 3.23. The Morgan fingerprint density at radius 1 is 1.04 bits per heavy atom. The molecule has 1 N–H and O–H groups in total. The number of amides is 2. The van der Waals surface area contributed by atoms with Gasteiger partial charge in [0.1, 0.15) is 5.70 Å². The van der Waals surface area contributed by atoms with E-state index in [1.807, 2.05) is 45.0 Å². The second kappa shape index (κ2) is 7.41. The summed E-state index contributed by atoms with van der Waals surface area (Å²) in [5.74, 6) is -0.676. The number of aryl methyl sites for hydroxylation is 3. The molecule has 0 bridgehead atoms. The number of hydrogen-bond donors (Lipinski definition) is 1. The van der Waals surface area contributed by atoms with Crippen LogP contribution in [0.3, 0.4) is 0 Å². The van der Waals surface area contributed by atoms with E-state index in [-0.39, 0.29) is 24.1 Å². The Morgan fingerprint density at radius 2 is 1.78 bits per heavy atom. The summed E-state index contributed by atoms with van der Waals surface area (Å²) >= 11 is 6.03. The molecule has 1 aliphatic heterocycles. The summed E-state index contributed by atoms with van der Waals surface area (Å²) in [5.41, 5.74) is 5.07. The lowest BCUT2D eigenvalue weighted by atomic mass is 9.97. The second-order valence-corrected chi connectivity index (χ2v) is 7.10. The first-order chi connectivity index (χ1) is 12.8. The maximum atomic E-state index is 13.0. The van der Waals surface area contributed by atoms with Crippen molar-refractivity contribution in [3.05, 3.63) is 82.0 Å². The van der Waals surface area contributed by atoms with Crippen LogP contribution in [0.2, 0.25) is 5.02 Å². The van der Waals surface area contributed by atoms with Crippen LogP contribution in [0.15, 0.2) is 54.8 Å². The molecule has 0 saturated heterocycles. The van der Waals surface area contributed by atoms with Crippen LogP contribution in [0.1, 0.15) is 22.3 Å². The van der Waals surface area contributed by atoms with Gasteiger partial charge in [0, 0.05) is 17.3 Å². The lowest BCUT2D eigenvalue weighted by Gasteiger charge is -2.13. The minimum atomic E-state index is -0.357. The van der Waals surface area contributed by atoms with Gasteiger partial charge < -0.3 is 5.32 Å². The first-order valence-electron chi connectivity index (χ1n) is 8.65. The van der Waals surface area contributed by atoms with Gasteiger partial charge in [0.25, 0.3) is 11.8 Å². The Labute approximate surface area is 164 Å². The Hall–Kier alpha value is -2.85. The summed E-state index contributed by atoms with van der Waals surface area (Å²) < 4.78 is 0. The third-order valence-electron chi connectivity index (χ3n) is 4.58. The SMILES string of the molecule is C=CCN1C(=O)C(Nc2ccc(Cl)cc2C)=C(c2ccc(C)cc2C)C1=O. The fraction of sp³-hybridized carbons (Fsp3) is 0.182. The van der Waals surface area contributed by atoms with Crippen LogP contribution in [-0.4, -0.2) is 23.3 Å². The van der Waals surface area contributed by atoms with Gasteiger partial charge in [-0.05, 0) is 55.7 Å². The molecule has 2 amide bonds. The standard InChI is InChI=1S/C22H21ClN2O2/c1-5-10-25-21(26)19(17-8-6-13(2)11-14(17)3)20(22(25)27)24-18-9-7-16(23)12-15(18)4/h5-9,11-12,24H,1,10H2,2-4H3. The number of carbonyl (C=O) groups is 2. The van der Waals surface area contributed by atoms with Crippen molar-refractivity contribution in [2.75, 3.05) is 11.9 Å². The third kappa shape index (κ3) is 3.53. The second-order valence-electron chi connectivity index (χ2n) is 6.66. The molecule has 0 radical (unpaired) electrons. The number of imide groups is 1. The Morgan fingerprint density at radius 3 is 2.41 bits per heavy atom. The van der Waals surface area contributed by atoms with Crippen LogP contribution in [0.25, 0.3) is 5.57 Å². The van der Waals surface area contributed by atoms with Gasteiger partial charge in [0.05, 0.1) is 5.57 Å². The van der Waals surface area contributed by atoms with E-state index in [2.05, 4.69) is 11.9 Å². The molecule has 27 heavy (non-hydrogen) atoms. The van der Waals surface area contributed by atoms with Crippen molar-refractivity contribution in [3.63, 3.8) is 0 Å². The van der Waals surface area contributed by atoms with Gasteiger partial charge in [0.15, 0.2) is 0 Å². The van der Waals surface area contributed by atoms with E-state index in [0.717, 1.165) is 27.9 Å². The molecule has 2 aromatic rings. The molecule has 1 aliphatic rings. The van der Waals surface area contributed by atoms with E-state index >= 15 is 0 Å². The van der Waals surface area contributed by atoms with Gasteiger partial charge in [-0.25, -0.2) is 0 Å². The van der Waals surface area contributed by atoms with Crippen LogP contribution in [0.4, 0.5) is 5.69 Å². The topological polar surface area (TPSA) is 49.4 Å². The van der Waals surface area contributed by atoms with Crippen LogP contribution < -0.4 is 5.32 Å². The maximum absolute atomic E-state index is 13.0. The molecule has 1 heterocycles. The predicted octanol–water partition coefficient (Wildman–Crippen LogP) is 4.64. The highest BCUT2D eigenvalue weighted by Gasteiger charge is 2.39. The summed E-state index contributed by atoms with van der Waals surface area (Å²) in [4.78, 5) is 27.2. The van der Waals surface area contributed by atoms with Crippen molar-refractivity contribution in [3.8, 4) is 0 Å². The lowest BCUT2D eigenvalue weighted by Crippen LogP contribution is -2.32. The summed E-state index contributed by atoms with van der Waals surface area (Å²) in [5, 5.41) is 3.78. The molecule has 0 spiro atoms. The number of halogens is 1. The highest BCUT2D eigenvalue weighted by atomic mass is 35.5. The molecule has 0 fully saturated rings. The fourth-order valence-corrected chi connectivity index (χ4v) is 3.46. The Bertz CT molecular complexity index is 992. The summed E-state index contributed by atoms with van der Waals surface area (Å²) in [6.45, 7) is 9.65. The minimum absolute atomic E-state index is 0.164. The van der Waals surface area contributed by atoms with Crippen LogP contribution in [0.5, 0.6) is 0 Å². The van der Waals surface area contributed by atoms with Crippen molar-refractivity contribution in [1.82, 2.24) is 4.90 Å². The van der Waals surface area contributed by atoms with Gasteiger partial charge in [0.2, 0.25) is 0 Å². The number of carbonyl (C=O) groups excluding carboxylic acids is 2. The molecule has 138 valence electrons. The maximum Gasteiger partial charge on any atom is 0.278 e. The van der Waals surface area contributed by atoms with Gasteiger partial charge in [-0.2, -0.15) is 0 Å². The average molecular weight is 381 g/mol. The molecular formula is C22H21ClN2O2. The van der Waals surface area contributed by atoms with Gasteiger partial charge in [-0.1, -0.05) is 41.4 Å². The highest BCUT2D eigenvalue weighted by molar-refractivity contribution is 6.37. The number of hydrogen-bond acceptors (Lipinski definition) is 3. The Kier molecular flexibility index (Phi) is 5.19. The first-order valence-corrected chi connectivity index (χ1v) is 9.03. The Balaban J connectivity index is 2.15. The van der Waals surface area contributed by atoms with Crippen molar-refractivity contribution < 1.29 is 9.59 Å². The number of benzene rings is 2. The highest BCUT2D eigenvalue weighted by Crippen LogP contribution is 2.33. The number of nitrogens with zero attached hydrogens (tertiary/aromatic N) is 1. The molecule has 0 aliphatic carbocycles. The van der Waals surface area contributed by atoms with Crippen LogP contribution in [0, 0.1) is 20.8 Å². The molecule has 0 atom stereocenters. The first kappa shape index (κ1) is 18.9. The van der Waals surface area contributed by atoms with E-state index in [9.17, 15) is 9.59 Å². The van der Waals surface area contributed by atoms with E-state index in [1.165, 1.54) is 4.90 Å². The van der Waals surface area contributed by atoms with Crippen molar-refractivity contribution in [2.45, 2.75) is 20.8 Å². The van der Waals surface area contributed by atoms with E-state index < -0.39 is 0 Å². The molecule has 5 heteroatoms. The third-order valence-corrected chi connectivity index (χ3v) is 4.81. The van der Waals surface area contributed by atoms with E-state index in [0.29, 0.717) is 10.6 Å².